The van der Waals surface area contributed by atoms with Crippen molar-refractivity contribution >= 4 is 5.69 Å². The maximum Gasteiger partial charge on any atom is 0.120 e. The third-order valence-electron chi connectivity index (χ3n) is 3.74. The minimum Gasteiger partial charge on any atom is -0.497 e. The molecule has 1 fully saturated rings. The normalized spacial score (nSPS) is 16.6. The van der Waals surface area contributed by atoms with E-state index in [2.05, 4.69) is 35.3 Å². The second-order valence-electron chi connectivity index (χ2n) is 4.93. The lowest BCUT2D eigenvalue weighted by molar-refractivity contribution is 0.374. The number of benzene rings is 1. The minimum absolute atomic E-state index is 0.817. The summed E-state index contributed by atoms with van der Waals surface area (Å²) in [6.45, 7) is 6.77. The molecule has 100 valence electrons. The van der Waals surface area contributed by atoms with Gasteiger partial charge in [0.1, 0.15) is 5.75 Å². The van der Waals surface area contributed by atoms with E-state index in [0.29, 0.717) is 0 Å². The molecule has 0 aromatic heterocycles. The van der Waals surface area contributed by atoms with Gasteiger partial charge in [0.05, 0.1) is 7.11 Å². The highest BCUT2D eigenvalue weighted by atomic mass is 16.5. The molecule has 1 aromatic carbocycles. The van der Waals surface area contributed by atoms with Crippen molar-refractivity contribution in [2.45, 2.75) is 19.8 Å². The molecular formula is C15H24N2O. The first-order valence-electron chi connectivity index (χ1n) is 6.93. The molecule has 0 amide bonds. The Morgan fingerprint density at radius 2 is 2.11 bits per heavy atom. The Balaban J connectivity index is 2.02. The second kappa shape index (κ2) is 6.64. The molecule has 0 atom stereocenters. The number of rotatable bonds is 5. The highest BCUT2D eigenvalue weighted by molar-refractivity contribution is 5.50. The number of nitrogens with zero attached hydrogens (tertiary/aromatic N) is 1. The van der Waals surface area contributed by atoms with Crippen molar-refractivity contribution < 1.29 is 4.74 Å². The predicted molar refractivity (Wildman–Crippen MR) is 76.5 cm³/mol. The summed E-state index contributed by atoms with van der Waals surface area (Å²) in [6.07, 6.45) is 2.58. The van der Waals surface area contributed by atoms with Crippen molar-refractivity contribution in [2.75, 3.05) is 38.2 Å². The van der Waals surface area contributed by atoms with Crippen LogP contribution in [-0.4, -0.2) is 33.3 Å². The molecule has 1 aliphatic rings. The number of hydrogen-bond donors (Lipinski definition) is 1. The molecule has 0 radical (unpaired) electrons. The van der Waals surface area contributed by atoms with Gasteiger partial charge >= 0.3 is 0 Å². The first-order valence-corrected chi connectivity index (χ1v) is 6.93. The first kappa shape index (κ1) is 13.2. The van der Waals surface area contributed by atoms with Crippen LogP contribution in [0.3, 0.4) is 0 Å². The van der Waals surface area contributed by atoms with Gasteiger partial charge in [-0.05, 0) is 50.9 Å². The van der Waals surface area contributed by atoms with Crippen LogP contribution in [0, 0.1) is 5.92 Å². The summed E-state index contributed by atoms with van der Waals surface area (Å²) in [5.41, 5.74) is 1.27. The van der Waals surface area contributed by atoms with E-state index in [9.17, 15) is 0 Å². The fraction of sp³-hybridized carbons (Fsp3) is 0.600. The van der Waals surface area contributed by atoms with Crippen LogP contribution in [0.2, 0.25) is 0 Å². The maximum atomic E-state index is 5.30. The molecule has 1 N–H and O–H groups in total. The number of anilines is 1. The first-order chi connectivity index (χ1) is 8.83. The van der Waals surface area contributed by atoms with Crippen LogP contribution in [0.5, 0.6) is 5.75 Å². The van der Waals surface area contributed by atoms with E-state index >= 15 is 0 Å². The van der Waals surface area contributed by atoms with Crippen LogP contribution in [0.15, 0.2) is 24.3 Å². The van der Waals surface area contributed by atoms with E-state index in [4.69, 9.17) is 4.74 Å². The Morgan fingerprint density at radius 3 is 2.78 bits per heavy atom. The number of ether oxygens (including phenoxy) is 1. The van der Waals surface area contributed by atoms with Crippen molar-refractivity contribution in [3.8, 4) is 5.75 Å². The Morgan fingerprint density at radius 1 is 1.33 bits per heavy atom. The van der Waals surface area contributed by atoms with Crippen LogP contribution >= 0.6 is 0 Å². The highest BCUT2D eigenvalue weighted by Crippen LogP contribution is 2.23. The molecule has 2 rings (SSSR count). The van der Waals surface area contributed by atoms with Gasteiger partial charge in [-0.3, -0.25) is 0 Å². The molecule has 0 aliphatic carbocycles. The van der Waals surface area contributed by atoms with Gasteiger partial charge in [-0.25, -0.2) is 0 Å². The molecule has 18 heavy (non-hydrogen) atoms. The number of piperidine rings is 1. The summed E-state index contributed by atoms with van der Waals surface area (Å²) < 4.78 is 5.30. The molecular weight excluding hydrogens is 224 g/mol. The molecule has 1 aromatic rings. The lowest BCUT2D eigenvalue weighted by atomic mass is 9.97. The van der Waals surface area contributed by atoms with Gasteiger partial charge in [0.2, 0.25) is 0 Å². The summed E-state index contributed by atoms with van der Waals surface area (Å²) in [7, 11) is 1.72. The third kappa shape index (κ3) is 3.39. The quantitative estimate of drug-likeness (QED) is 0.866. The standard InChI is InChI=1S/C15H24N2O/c1-3-17(12-13-7-9-16-10-8-13)14-5-4-6-15(11-14)18-2/h4-6,11,13,16H,3,7-10,12H2,1-2H3. The Kier molecular flexibility index (Phi) is 4.88. The van der Waals surface area contributed by atoms with E-state index < -0.39 is 0 Å². The predicted octanol–water partition coefficient (Wildman–Crippen LogP) is 2.52. The summed E-state index contributed by atoms with van der Waals surface area (Å²) >= 11 is 0. The van der Waals surface area contributed by atoms with E-state index in [-0.39, 0.29) is 0 Å². The molecule has 0 spiro atoms. The van der Waals surface area contributed by atoms with Gasteiger partial charge in [-0.2, -0.15) is 0 Å². The largest absolute Gasteiger partial charge is 0.497 e. The van der Waals surface area contributed by atoms with Crippen molar-refractivity contribution in [1.82, 2.24) is 5.32 Å². The van der Waals surface area contributed by atoms with Gasteiger partial charge in [0.25, 0.3) is 0 Å². The maximum absolute atomic E-state index is 5.30. The molecule has 0 saturated carbocycles. The number of nitrogens with one attached hydrogen (secondary N) is 1. The average Bonchev–Trinajstić information content (AvgIpc) is 2.46. The fourth-order valence-electron chi connectivity index (χ4n) is 2.60. The van der Waals surface area contributed by atoms with E-state index in [1.54, 1.807) is 7.11 Å². The van der Waals surface area contributed by atoms with Crippen LogP contribution in [0.25, 0.3) is 0 Å². The SMILES string of the molecule is CCN(CC1CCNCC1)c1cccc(OC)c1. The fourth-order valence-corrected chi connectivity index (χ4v) is 2.60. The van der Waals surface area contributed by atoms with Crippen molar-refractivity contribution in [3.63, 3.8) is 0 Å². The average molecular weight is 248 g/mol. The van der Waals surface area contributed by atoms with Gasteiger partial charge in [-0.15, -0.1) is 0 Å². The number of hydrogen-bond acceptors (Lipinski definition) is 3. The van der Waals surface area contributed by atoms with Gasteiger partial charge in [0, 0.05) is 24.8 Å². The van der Waals surface area contributed by atoms with Crippen molar-refractivity contribution in [2.24, 2.45) is 5.92 Å². The molecule has 1 heterocycles. The lowest BCUT2D eigenvalue weighted by Crippen LogP contribution is -2.36. The molecule has 0 unspecified atom stereocenters. The van der Waals surface area contributed by atoms with Crippen molar-refractivity contribution in [3.05, 3.63) is 24.3 Å². The summed E-state index contributed by atoms with van der Waals surface area (Å²) in [5.74, 6) is 1.76. The zero-order valence-electron chi connectivity index (χ0n) is 11.5. The van der Waals surface area contributed by atoms with E-state index in [0.717, 1.165) is 24.8 Å². The molecule has 1 aliphatic heterocycles. The van der Waals surface area contributed by atoms with Crippen LogP contribution in [-0.2, 0) is 0 Å². The Hall–Kier alpha value is -1.22. The number of methoxy groups -OCH3 is 1. The third-order valence-corrected chi connectivity index (χ3v) is 3.74. The summed E-state index contributed by atoms with van der Waals surface area (Å²) in [6, 6.07) is 8.37. The second-order valence-corrected chi connectivity index (χ2v) is 4.93. The minimum atomic E-state index is 0.817. The molecule has 3 heteroatoms. The summed E-state index contributed by atoms with van der Waals surface area (Å²) in [5, 5.41) is 3.43. The topological polar surface area (TPSA) is 24.5 Å². The Bertz CT molecular complexity index is 361. The highest BCUT2D eigenvalue weighted by Gasteiger charge is 2.16. The van der Waals surface area contributed by atoms with E-state index in [1.807, 2.05) is 6.07 Å². The van der Waals surface area contributed by atoms with Gasteiger partial charge < -0.3 is 15.0 Å². The van der Waals surface area contributed by atoms with Crippen LogP contribution in [0.1, 0.15) is 19.8 Å². The monoisotopic (exact) mass is 248 g/mol. The molecule has 0 bridgehead atoms. The molecule has 3 nitrogen and oxygen atoms in total. The zero-order chi connectivity index (χ0) is 12.8. The van der Waals surface area contributed by atoms with Crippen molar-refractivity contribution in [1.29, 1.82) is 0 Å². The molecule has 1 saturated heterocycles. The summed E-state index contributed by atoms with van der Waals surface area (Å²) in [4.78, 5) is 2.46. The van der Waals surface area contributed by atoms with Crippen LogP contribution < -0.4 is 15.0 Å². The smallest absolute Gasteiger partial charge is 0.120 e. The van der Waals surface area contributed by atoms with Crippen LogP contribution in [0.4, 0.5) is 5.69 Å². The lowest BCUT2D eigenvalue weighted by Gasteiger charge is -2.31. The Labute approximate surface area is 110 Å². The van der Waals surface area contributed by atoms with Gasteiger partial charge in [0.15, 0.2) is 0 Å². The zero-order valence-corrected chi connectivity index (χ0v) is 11.5. The van der Waals surface area contributed by atoms with Gasteiger partial charge in [-0.1, -0.05) is 6.07 Å². The van der Waals surface area contributed by atoms with E-state index in [1.165, 1.54) is 31.6 Å².